The van der Waals surface area contributed by atoms with Gasteiger partial charge in [-0.3, -0.25) is 0 Å². The van der Waals surface area contributed by atoms with E-state index in [-0.39, 0.29) is 5.82 Å². The van der Waals surface area contributed by atoms with Crippen LogP contribution in [0.1, 0.15) is 0 Å². The highest BCUT2D eigenvalue weighted by molar-refractivity contribution is 9.10. The minimum atomic E-state index is -0.213. The molecule has 4 aromatic carbocycles. The maximum Gasteiger partial charge on any atom is 0.123 e. The molecule has 4 rings (SSSR count). The molecule has 0 saturated heterocycles. The minimum absolute atomic E-state index is 0.213. The predicted octanol–water partition coefficient (Wildman–Crippen LogP) is 6.56. The van der Waals surface area contributed by atoms with Gasteiger partial charge in [0.2, 0.25) is 0 Å². The van der Waals surface area contributed by atoms with Crippen LogP contribution in [0.2, 0.25) is 0 Å². The van der Waals surface area contributed by atoms with Crippen LogP contribution in [0.15, 0.2) is 77.3 Å². The summed E-state index contributed by atoms with van der Waals surface area (Å²) in [5.74, 6) is -0.213. The van der Waals surface area contributed by atoms with E-state index < -0.39 is 0 Å². The summed E-state index contributed by atoms with van der Waals surface area (Å²) in [6.07, 6.45) is 0. The third-order valence-corrected chi connectivity index (χ3v) is 4.85. The molecular formula is C20H12BrF. The van der Waals surface area contributed by atoms with Crippen LogP contribution >= 0.6 is 15.9 Å². The van der Waals surface area contributed by atoms with Crippen molar-refractivity contribution < 1.29 is 4.39 Å². The van der Waals surface area contributed by atoms with Crippen molar-refractivity contribution in [2.45, 2.75) is 0 Å². The van der Waals surface area contributed by atoms with Crippen LogP contribution < -0.4 is 0 Å². The van der Waals surface area contributed by atoms with Gasteiger partial charge in [-0.15, -0.1) is 0 Å². The van der Waals surface area contributed by atoms with Gasteiger partial charge >= 0.3 is 0 Å². The van der Waals surface area contributed by atoms with Gasteiger partial charge in [0.1, 0.15) is 5.82 Å². The summed E-state index contributed by atoms with van der Waals surface area (Å²) in [5, 5.41) is 4.67. The van der Waals surface area contributed by atoms with Crippen LogP contribution in [0, 0.1) is 5.82 Å². The van der Waals surface area contributed by atoms with Gasteiger partial charge in [-0.1, -0.05) is 60.7 Å². The molecule has 0 spiro atoms. The maximum absolute atomic E-state index is 13.3. The fourth-order valence-corrected chi connectivity index (χ4v) is 3.69. The molecule has 0 heterocycles. The zero-order valence-corrected chi connectivity index (χ0v) is 13.3. The molecule has 0 aromatic heterocycles. The number of hydrogen-bond acceptors (Lipinski definition) is 0. The van der Waals surface area contributed by atoms with E-state index in [9.17, 15) is 4.39 Å². The molecule has 4 aromatic rings. The van der Waals surface area contributed by atoms with Crippen molar-refractivity contribution in [2.24, 2.45) is 0 Å². The molecule has 0 fully saturated rings. The summed E-state index contributed by atoms with van der Waals surface area (Å²) in [7, 11) is 0. The third kappa shape index (κ3) is 2.03. The quantitative estimate of drug-likeness (QED) is 0.341. The second-order valence-electron chi connectivity index (χ2n) is 5.29. The molecule has 0 unspecified atom stereocenters. The zero-order chi connectivity index (χ0) is 15.1. The van der Waals surface area contributed by atoms with Crippen molar-refractivity contribution in [1.82, 2.24) is 0 Å². The third-order valence-electron chi connectivity index (χ3n) is 4.00. The van der Waals surface area contributed by atoms with Crippen LogP contribution in [-0.2, 0) is 0 Å². The molecule has 0 aliphatic heterocycles. The highest BCUT2D eigenvalue weighted by Gasteiger charge is 2.13. The fourth-order valence-electron chi connectivity index (χ4n) is 3.00. The van der Waals surface area contributed by atoms with E-state index in [1.165, 1.54) is 33.7 Å². The Morgan fingerprint density at radius 1 is 0.591 bits per heavy atom. The van der Waals surface area contributed by atoms with Gasteiger partial charge in [-0.25, -0.2) is 4.39 Å². The molecule has 2 heteroatoms. The largest absolute Gasteiger partial charge is 0.207 e. The van der Waals surface area contributed by atoms with Gasteiger partial charge in [0, 0.05) is 4.47 Å². The van der Waals surface area contributed by atoms with E-state index >= 15 is 0 Å². The Kier molecular flexibility index (Phi) is 3.20. The van der Waals surface area contributed by atoms with E-state index in [2.05, 4.69) is 40.2 Å². The molecule has 0 saturated carbocycles. The van der Waals surface area contributed by atoms with E-state index in [1.54, 1.807) is 0 Å². The summed E-state index contributed by atoms with van der Waals surface area (Å²) in [4.78, 5) is 0. The molecule has 22 heavy (non-hydrogen) atoms. The summed E-state index contributed by atoms with van der Waals surface area (Å²) in [6, 6.07) is 23.3. The lowest BCUT2D eigenvalue weighted by atomic mass is 9.92. The Morgan fingerprint density at radius 2 is 1.05 bits per heavy atom. The first-order valence-corrected chi connectivity index (χ1v) is 7.90. The van der Waals surface area contributed by atoms with Gasteiger partial charge in [0.15, 0.2) is 0 Å². The van der Waals surface area contributed by atoms with E-state index in [4.69, 9.17) is 0 Å². The van der Waals surface area contributed by atoms with E-state index in [1.807, 2.05) is 36.4 Å². The molecule has 0 aliphatic carbocycles. The van der Waals surface area contributed by atoms with Crippen molar-refractivity contribution in [3.05, 3.63) is 83.1 Å². The fraction of sp³-hybridized carbons (Fsp3) is 0. The molecule has 0 atom stereocenters. The first kappa shape index (κ1) is 13.5. The lowest BCUT2D eigenvalue weighted by Crippen LogP contribution is -1.87. The predicted molar refractivity (Wildman–Crippen MR) is 94.5 cm³/mol. The molecule has 0 amide bonds. The van der Waals surface area contributed by atoms with Gasteiger partial charge in [0.25, 0.3) is 0 Å². The molecular weight excluding hydrogens is 339 g/mol. The molecule has 0 bridgehead atoms. The summed E-state index contributed by atoms with van der Waals surface area (Å²) in [6.45, 7) is 0. The van der Waals surface area contributed by atoms with Crippen molar-refractivity contribution in [3.63, 3.8) is 0 Å². The number of halogens is 2. The Bertz CT molecular complexity index is 931. The standard InChI is InChI=1S/C20H12BrF/c21-20-17-7-3-1-5-15(17)19(13-9-11-14(22)12-10-13)16-6-2-4-8-18(16)20/h1-12H. The van der Waals surface area contributed by atoms with E-state index in [0.717, 1.165) is 15.6 Å². The SMILES string of the molecule is Fc1ccc(-c2c3ccccc3c(Br)c3ccccc23)cc1. The minimum Gasteiger partial charge on any atom is -0.207 e. The van der Waals surface area contributed by atoms with Gasteiger partial charge in [0.05, 0.1) is 0 Å². The molecule has 106 valence electrons. The lowest BCUT2D eigenvalue weighted by Gasteiger charge is -2.14. The highest BCUT2D eigenvalue weighted by Crippen LogP contribution is 2.41. The van der Waals surface area contributed by atoms with Gasteiger partial charge < -0.3 is 0 Å². The average Bonchev–Trinajstić information content (AvgIpc) is 2.57. The first-order valence-electron chi connectivity index (χ1n) is 7.10. The second kappa shape index (κ2) is 5.22. The molecule has 0 radical (unpaired) electrons. The van der Waals surface area contributed by atoms with Gasteiger partial charge in [-0.2, -0.15) is 0 Å². The van der Waals surface area contributed by atoms with Crippen molar-refractivity contribution in [2.75, 3.05) is 0 Å². The molecule has 0 nitrogen and oxygen atoms in total. The van der Waals surface area contributed by atoms with Crippen LogP contribution in [0.4, 0.5) is 4.39 Å². The lowest BCUT2D eigenvalue weighted by molar-refractivity contribution is 0.628. The Labute approximate surface area is 136 Å². The number of benzene rings is 4. The van der Waals surface area contributed by atoms with Gasteiger partial charge in [-0.05, 0) is 60.7 Å². The molecule has 0 N–H and O–H groups in total. The zero-order valence-electron chi connectivity index (χ0n) is 11.7. The smallest absolute Gasteiger partial charge is 0.123 e. The Morgan fingerprint density at radius 3 is 1.55 bits per heavy atom. The van der Waals surface area contributed by atoms with Crippen molar-refractivity contribution in [1.29, 1.82) is 0 Å². The molecule has 0 aliphatic rings. The summed E-state index contributed by atoms with van der Waals surface area (Å²) >= 11 is 3.74. The van der Waals surface area contributed by atoms with Crippen LogP contribution in [0.3, 0.4) is 0 Å². The Balaban J connectivity index is 2.23. The Hall–Kier alpha value is -2.19. The normalized spacial score (nSPS) is 11.2. The number of hydrogen-bond donors (Lipinski definition) is 0. The second-order valence-corrected chi connectivity index (χ2v) is 6.08. The van der Waals surface area contributed by atoms with Crippen LogP contribution in [0.25, 0.3) is 32.7 Å². The summed E-state index contributed by atoms with van der Waals surface area (Å²) < 4.78 is 14.4. The van der Waals surface area contributed by atoms with Crippen molar-refractivity contribution in [3.8, 4) is 11.1 Å². The maximum atomic E-state index is 13.3. The highest BCUT2D eigenvalue weighted by atomic mass is 79.9. The van der Waals surface area contributed by atoms with E-state index in [0.29, 0.717) is 0 Å². The van der Waals surface area contributed by atoms with Crippen LogP contribution in [0.5, 0.6) is 0 Å². The number of fused-ring (bicyclic) bond motifs is 2. The van der Waals surface area contributed by atoms with Crippen LogP contribution in [-0.4, -0.2) is 0 Å². The monoisotopic (exact) mass is 350 g/mol. The average molecular weight is 351 g/mol. The van der Waals surface area contributed by atoms with Crippen molar-refractivity contribution >= 4 is 37.5 Å². The number of rotatable bonds is 1. The summed E-state index contributed by atoms with van der Waals surface area (Å²) in [5.41, 5.74) is 2.18. The topological polar surface area (TPSA) is 0 Å². The first-order chi connectivity index (χ1) is 10.8.